The zero-order valence-electron chi connectivity index (χ0n) is 15.4. The van der Waals surface area contributed by atoms with Crippen LogP contribution in [0, 0.1) is 5.92 Å². The van der Waals surface area contributed by atoms with Gasteiger partial charge in [-0.2, -0.15) is 0 Å². The minimum atomic E-state index is -0.830. The van der Waals surface area contributed by atoms with Crippen LogP contribution in [-0.2, 0) is 9.47 Å². The minimum absolute atomic E-state index is 0.0318. The Morgan fingerprint density at radius 3 is 2.69 bits per heavy atom. The maximum Gasteiger partial charge on any atom is 0.184 e. The first-order chi connectivity index (χ1) is 12.7. The Labute approximate surface area is 154 Å². The molecule has 0 spiro atoms. The number of hydrogen-bond donors (Lipinski definition) is 1. The van der Waals surface area contributed by atoms with Gasteiger partial charge < -0.3 is 14.6 Å². The minimum Gasteiger partial charge on any atom is -0.390 e. The van der Waals surface area contributed by atoms with Crippen LogP contribution in [0.5, 0.6) is 0 Å². The highest BCUT2D eigenvalue weighted by molar-refractivity contribution is 5.17. The third-order valence-corrected chi connectivity index (χ3v) is 5.62. The van der Waals surface area contributed by atoms with Crippen molar-refractivity contribution in [2.75, 3.05) is 19.7 Å². The van der Waals surface area contributed by atoms with E-state index < -0.39 is 24.5 Å². The number of fused-ring (bicyclic) bond motifs is 1. The highest BCUT2D eigenvalue weighted by Gasteiger charge is 2.47. The van der Waals surface area contributed by atoms with Crippen LogP contribution in [0.3, 0.4) is 0 Å². The van der Waals surface area contributed by atoms with Gasteiger partial charge in [-0.05, 0) is 11.4 Å². The van der Waals surface area contributed by atoms with Crippen molar-refractivity contribution in [1.29, 1.82) is 0 Å². The molecule has 0 unspecified atom stereocenters. The fourth-order valence-electron chi connectivity index (χ4n) is 3.92. The number of aliphatic hydroxyl groups is 1. The van der Waals surface area contributed by atoms with E-state index in [0.29, 0.717) is 19.1 Å². The number of hydrogen-bond acceptors (Lipinski definition) is 5. The summed E-state index contributed by atoms with van der Waals surface area (Å²) in [6.07, 6.45) is 0.407. The molecule has 0 amide bonds. The molecular formula is C19H28N4O3. The molecule has 2 saturated heterocycles. The van der Waals surface area contributed by atoms with Crippen molar-refractivity contribution in [3.8, 4) is 0 Å². The maximum absolute atomic E-state index is 10.8. The fourth-order valence-corrected chi connectivity index (χ4v) is 3.92. The number of aliphatic hydroxyl groups excluding tert-OH is 1. The molecule has 1 N–H and O–H groups in total. The lowest BCUT2D eigenvalue weighted by Gasteiger charge is -2.50. The van der Waals surface area contributed by atoms with Gasteiger partial charge in [0.2, 0.25) is 0 Å². The lowest BCUT2D eigenvalue weighted by molar-refractivity contribution is -0.277. The van der Waals surface area contributed by atoms with E-state index in [2.05, 4.69) is 28.8 Å². The summed E-state index contributed by atoms with van der Waals surface area (Å²) in [6.45, 7) is 6.29. The van der Waals surface area contributed by atoms with E-state index >= 15 is 0 Å². The number of nitrogens with zero attached hydrogens (tertiary/aromatic N) is 4. The molecule has 1 aromatic rings. The van der Waals surface area contributed by atoms with Crippen molar-refractivity contribution in [3.63, 3.8) is 0 Å². The van der Waals surface area contributed by atoms with Crippen LogP contribution in [-0.4, -0.2) is 54.0 Å². The van der Waals surface area contributed by atoms with Crippen LogP contribution in [0.4, 0.5) is 0 Å². The zero-order chi connectivity index (χ0) is 18.5. The normalized spacial score (nSPS) is 32.1. The molecule has 5 atom stereocenters. The zero-order valence-corrected chi connectivity index (χ0v) is 15.4. The molecule has 0 saturated carbocycles. The van der Waals surface area contributed by atoms with Crippen LogP contribution < -0.4 is 0 Å². The predicted molar refractivity (Wildman–Crippen MR) is 98.4 cm³/mol. The lowest BCUT2D eigenvalue weighted by Crippen LogP contribution is -2.65. The van der Waals surface area contributed by atoms with Crippen molar-refractivity contribution in [2.45, 2.75) is 57.3 Å². The summed E-state index contributed by atoms with van der Waals surface area (Å²) < 4.78 is 12.1. The second-order valence-corrected chi connectivity index (χ2v) is 7.14. The Bertz CT molecular complexity index is 618. The topological polar surface area (TPSA) is 90.7 Å². The third-order valence-electron chi connectivity index (χ3n) is 5.62. The molecule has 142 valence electrons. The van der Waals surface area contributed by atoms with Gasteiger partial charge in [0, 0.05) is 23.6 Å². The van der Waals surface area contributed by atoms with Crippen LogP contribution in [0.1, 0.15) is 38.5 Å². The first-order valence-corrected chi connectivity index (χ1v) is 9.46. The summed E-state index contributed by atoms with van der Waals surface area (Å²) in [7, 11) is 0. The van der Waals surface area contributed by atoms with E-state index in [4.69, 9.17) is 15.0 Å². The van der Waals surface area contributed by atoms with Crippen molar-refractivity contribution in [1.82, 2.24) is 4.90 Å². The Morgan fingerprint density at radius 1 is 1.31 bits per heavy atom. The summed E-state index contributed by atoms with van der Waals surface area (Å²) in [4.78, 5) is 5.20. The van der Waals surface area contributed by atoms with Gasteiger partial charge >= 0.3 is 0 Å². The van der Waals surface area contributed by atoms with Crippen molar-refractivity contribution >= 4 is 0 Å². The van der Waals surface area contributed by atoms with Gasteiger partial charge in [-0.1, -0.05) is 62.1 Å². The quantitative estimate of drug-likeness (QED) is 0.479. The van der Waals surface area contributed by atoms with Crippen molar-refractivity contribution in [2.24, 2.45) is 11.0 Å². The van der Waals surface area contributed by atoms with E-state index in [1.54, 1.807) is 0 Å². The molecule has 0 aliphatic carbocycles. The van der Waals surface area contributed by atoms with E-state index in [9.17, 15) is 5.11 Å². The standard InChI is InChI=1S/C19H28N4O3/c1-3-13(4-2)10-23-11-15(21-22-20)17(24)18-16(23)12-25-19(26-18)14-8-6-5-7-9-14/h5-9,13,15-19,24H,3-4,10-12H2,1-2H3/t15-,16+,17+,18+,19+/m0/s1. The summed E-state index contributed by atoms with van der Waals surface area (Å²) in [6, 6.07) is 9.18. The van der Waals surface area contributed by atoms with Gasteiger partial charge in [0.15, 0.2) is 6.29 Å². The van der Waals surface area contributed by atoms with Crippen molar-refractivity contribution < 1.29 is 14.6 Å². The van der Waals surface area contributed by atoms with Crippen LogP contribution in [0.25, 0.3) is 10.4 Å². The summed E-state index contributed by atoms with van der Waals surface area (Å²) in [5, 5.41) is 14.6. The molecule has 3 rings (SSSR count). The first-order valence-electron chi connectivity index (χ1n) is 9.46. The molecule has 2 aliphatic rings. The molecule has 7 heteroatoms. The number of likely N-dealkylation sites (tertiary alicyclic amines) is 1. The molecular weight excluding hydrogens is 332 g/mol. The Balaban J connectivity index is 1.80. The van der Waals surface area contributed by atoms with Gasteiger partial charge in [-0.3, -0.25) is 4.90 Å². The smallest absolute Gasteiger partial charge is 0.184 e. The van der Waals surface area contributed by atoms with Gasteiger partial charge in [0.1, 0.15) is 6.10 Å². The average molecular weight is 360 g/mol. The molecule has 0 aromatic heterocycles. The Kier molecular flexibility index (Phi) is 6.51. The molecule has 0 radical (unpaired) electrons. The lowest BCUT2D eigenvalue weighted by atomic mass is 9.90. The highest BCUT2D eigenvalue weighted by Crippen LogP contribution is 2.34. The van der Waals surface area contributed by atoms with Crippen LogP contribution in [0.15, 0.2) is 35.4 Å². The van der Waals surface area contributed by atoms with Gasteiger partial charge in [0.05, 0.1) is 24.8 Å². The third kappa shape index (κ3) is 4.03. The monoisotopic (exact) mass is 360 g/mol. The number of benzene rings is 1. The molecule has 2 aliphatic heterocycles. The summed E-state index contributed by atoms with van der Waals surface area (Å²) in [5.74, 6) is 0.560. The predicted octanol–water partition coefficient (Wildman–Crippen LogP) is 3.26. The number of rotatable bonds is 6. The van der Waals surface area contributed by atoms with Gasteiger partial charge in [0.25, 0.3) is 0 Å². The second-order valence-electron chi connectivity index (χ2n) is 7.14. The first kappa shape index (κ1) is 19.1. The maximum atomic E-state index is 10.8. The number of azide groups is 1. The van der Waals surface area contributed by atoms with Gasteiger partial charge in [-0.25, -0.2) is 0 Å². The second kappa shape index (κ2) is 8.84. The molecule has 1 aromatic carbocycles. The molecule has 0 bridgehead atoms. The molecule has 2 heterocycles. The average Bonchev–Trinajstić information content (AvgIpc) is 2.69. The van der Waals surface area contributed by atoms with E-state index in [1.807, 2.05) is 30.3 Å². The highest BCUT2D eigenvalue weighted by atomic mass is 16.7. The fraction of sp³-hybridized carbons (Fsp3) is 0.684. The Hall–Kier alpha value is -1.63. The molecule has 26 heavy (non-hydrogen) atoms. The van der Waals surface area contributed by atoms with Gasteiger partial charge in [-0.15, -0.1) is 0 Å². The molecule has 2 fully saturated rings. The van der Waals surface area contributed by atoms with E-state index in [0.717, 1.165) is 24.9 Å². The number of ether oxygens (including phenoxy) is 2. The SMILES string of the molecule is CCC(CC)CN1C[C@H](N=[N+]=[N-])[C@@H](O)[C@@H]2O[C@H](c3ccccc3)OC[C@H]21. The van der Waals surface area contributed by atoms with E-state index in [1.165, 1.54) is 0 Å². The van der Waals surface area contributed by atoms with E-state index in [-0.39, 0.29) is 6.04 Å². The Morgan fingerprint density at radius 2 is 2.04 bits per heavy atom. The van der Waals surface area contributed by atoms with Crippen molar-refractivity contribution in [3.05, 3.63) is 46.3 Å². The van der Waals surface area contributed by atoms with Crippen LogP contribution in [0.2, 0.25) is 0 Å². The van der Waals surface area contributed by atoms with Crippen LogP contribution >= 0.6 is 0 Å². The summed E-state index contributed by atoms with van der Waals surface area (Å²) >= 11 is 0. The largest absolute Gasteiger partial charge is 0.390 e. The summed E-state index contributed by atoms with van der Waals surface area (Å²) in [5.41, 5.74) is 9.81. The molecule has 7 nitrogen and oxygen atoms in total. The number of piperidine rings is 1.